The third-order valence-electron chi connectivity index (χ3n) is 5.33. The molecular formula is C25H32FN7OS. The Balaban J connectivity index is 1.50. The number of carbonyl (C=O) groups is 1. The molecule has 1 aromatic heterocycles. The fraction of sp³-hybridized carbons (Fsp3) is 0.280. The van der Waals surface area contributed by atoms with E-state index in [-0.39, 0.29) is 11.8 Å². The molecule has 0 atom stereocenters. The molecule has 2 amide bonds. The highest BCUT2D eigenvalue weighted by Gasteiger charge is 2.13. The van der Waals surface area contributed by atoms with Gasteiger partial charge in [-0.1, -0.05) is 18.2 Å². The summed E-state index contributed by atoms with van der Waals surface area (Å²) < 4.78 is 13.0. The molecule has 0 saturated heterocycles. The van der Waals surface area contributed by atoms with Crippen LogP contribution in [-0.4, -0.2) is 49.0 Å². The first-order valence-electron chi connectivity index (χ1n) is 11.3. The molecule has 1 heterocycles. The summed E-state index contributed by atoms with van der Waals surface area (Å²) in [5, 5.41) is 12.9. The van der Waals surface area contributed by atoms with E-state index in [1.165, 1.54) is 17.1 Å². The van der Waals surface area contributed by atoms with Crippen molar-refractivity contribution in [1.29, 1.82) is 0 Å². The number of rotatable bonds is 10. The van der Waals surface area contributed by atoms with E-state index in [0.29, 0.717) is 23.6 Å². The van der Waals surface area contributed by atoms with Crippen LogP contribution in [0.25, 0.3) is 10.4 Å². The summed E-state index contributed by atoms with van der Waals surface area (Å²) in [7, 11) is 3.68. The van der Waals surface area contributed by atoms with Crippen molar-refractivity contribution < 1.29 is 9.18 Å². The van der Waals surface area contributed by atoms with E-state index in [0.717, 1.165) is 41.9 Å². The van der Waals surface area contributed by atoms with Gasteiger partial charge in [0.2, 0.25) is 0 Å². The molecule has 186 valence electrons. The first-order chi connectivity index (χ1) is 16.9. The van der Waals surface area contributed by atoms with Crippen molar-refractivity contribution in [2.45, 2.75) is 19.4 Å². The number of halogens is 1. The number of hydrogen-bond acceptors (Lipinski definition) is 6. The fourth-order valence-corrected chi connectivity index (χ4v) is 4.36. The molecule has 0 aliphatic carbocycles. The maximum absolute atomic E-state index is 13.0. The van der Waals surface area contributed by atoms with Crippen LogP contribution in [0.1, 0.15) is 24.0 Å². The lowest BCUT2D eigenvalue weighted by Crippen LogP contribution is -2.35. The van der Waals surface area contributed by atoms with Gasteiger partial charge in [-0.15, -0.1) is 11.3 Å². The van der Waals surface area contributed by atoms with Crippen LogP contribution in [0.5, 0.6) is 0 Å². The van der Waals surface area contributed by atoms with Gasteiger partial charge in [0.1, 0.15) is 5.82 Å². The van der Waals surface area contributed by atoms with Crippen LogP contribution < -0.4 is 22.3 Å². The molecule has 0 saturated carbocycles. The largest absolute Gasteiger partial charge is 0.338 e. The van der Waals surface area contributed by atoms with Gasteiger partial charge in [-0.2, -0.15) is 5.10 Å². The number of hydrogen-bond donors (Lipinski definition) is 4. The van der Waals surface area contributed by atoms with Crippen LogP contribution in [0.3, 0.4) is 0 Å². The van der Waals surface area contributed by atoms with Gasteiger partial charge in [0.15, 0.2) is 5.84 Å². The van der Waals surface area contributed by atoms with Crippen molar-refractivity contribution in [3.8, 4) is 10.4 Å². The van der Waals surface area contributed by atoms with Gasteiger partial charge < -0.3 is 21.4 Å². The second-order valence-corrected chi connectivity index (χ2v) is 9.24. The molecule has 0 fully saturated rings. The maximum atomic E-state index is 13.0. The second-order valence-electron chi connectivity index (χ2n) is 8.29. The minimum absolute atomic E-state index is 0.227. The van der Waals surface area contributed by atoms with E-state index >= 15 is 0 Å². The summed E-state index contributed by atoms with van der Waals surface area (Å²) >= 11 is 1.60. The molecule has 8 nitrogen and oxygen atoms in total. The molecule has 3 aromatic rings. The number of thiophene rings is 1. The number of urea groups is 1. The van der Waals surface area contributed by atoms with E-state index in [9.17, 15) is 9.18 Å². The minimum Gasteiger partial charge on any atom is -0.338 e. The van der Waals surface area contributed by atoms with Crippen LogP contribution in [0, 0.1) is 5.82 Å². The van der Waals surface area contributed by atoms with Gasteiger partial charge >= 0.3 is 6.03 Å². The van der Waals surface area contributed by atoms with Crippen LogP contribution in [0.2, 0.25) is 0 Å². The summed E-state index contributed by atoms with van der Waals surface area (Å²) in [6, 6.07) is 15.9. The molecule has 10 heteroatoms. The van der Waals surface area contributed by atoms with E-state index in [1.54, 1.807) is 36.6 Å². The van der Waals surface area contributed by atoms with Crippen LogP contribution >= 0.6 is 11.3 Å². The Morgan fingerprint density at radius 2 is 1.89 bits per heavy atom. The molecule has 0 aliphatic heterocycles. The van der Waals surface area contributed by atoms with E-state index in [2.05, 4.69) is 20.6 Å². The molecule has 0 bridgehead atoms. The van der Waals surface area contributed by atoms with Gasteiger partial charge in [0.25, 0.3) is 0 Å². The maximum Gasteiger partial charge on any atom is 0.319 e. The number of benzene rings is 2. The SMILES string of the molecule is CN(CCCCNC(=O)Nc1cc(/C(=N/N)N(C)N)cc(-c2cccs2)c1)Cc1ccc(F)cc1. The zero-order valence-corrected chi connectivity index (χ0v) is 20.8. The number of unbranched alkanes of at least 4 members (excludes halogenated alkanes) is 1. The zero-order chi connectivity index (χ0) is 25.2. The quantitative estimate of drug-likeness (QED) is 0.111. The number of anilines is 1. The molecular weight excluding hydrogens is 465 g/mol. The molecule has 0 unspecified atom stereocenters. The highest BCUT2D eigenvalue weighted by molar-refractivity contribution is 7.13. The van der Waals surface area contributed by atoms with Crippen LogP contribution in [0.15, 0.2) is 65.1 Å². The highest BCUT2D eigenvalue weighted by Crippen LogP contribution is 2.29. The number of nitrogens with zero attached hydrogens (tertiary/aromatic N) is 3. The van der Waals surface area contributed by atoms with Gasteiger partial charge in [0, 0.05) is 36.3 Å². The lowest BCUT2D eigenvalue weighted by Gasteiger charge is -2.17. The summed E-state index contributed by atoms with van der Waals surface area (Å²) in [6.45, 7) is 2.18. The normalized spacial score (nSPS) is 11.5. The van der Waals surface area contributed by atoms with E-state index < -0.39 is 0 Å². The Morgan fingerprint density at radius 1 is 1.11 bits per heavy atom. The predicted octanol–water partition coefficient (Wildman–Crippen LogP) is 4.01. The number of hydrazine groups is 1. The van der Waals surface area contributed by atoms with Crippen LogP contribution in [0.4, 0.5) is 14.9 Å². The smallest absolute Gasteiger partial charge is 0.319 e. The van der Waals surface area contributed by atoms with E-state index in [1.807, 2.05) is 36.7 Å². The van der Waals surface area contributed by atoms with Gasteiger partial charge in [0.05, 0.1) is 0 Å². The Kier molecular flexibility index (Phi) is 9.59. The lowest BCUT2D eigenvalue weighted by atomic mass is 10.1. The molecule has 6 N–H and O–H groups in total. The van der Waals surface area contributed by atoms with Crippen molar-refractivity contribution >= 4 is 28.9 Å². The monoisotopic (exact) mass is 497 g/mol. The Morgan fingerprint density at radius 3 is 2.54 bits per heavy atom. The van der Waals surface area contributed by atoms with Crippen molar-refractivity contribution in [3.63, 3.8) is 0 Å². The average molecular weight is 498 g/mol. The number of nitrogens with one attached hydrogen (secondary N) is 2. The summed E-state index contributed by atoms with van der Waals surface area (Å²) in [4.78, 5) is 15.7. The number of carbonyl (C=O) groups excluding carboxylic acids is 1. The topological polar surface area (TPSA) is 112 Å². The van der Waals surface area contributed by atoms with Crippen molar-refractivity contribution in [1.82, 2.24) is 15.2 Å². The number of amidine groups is 1. The first-order valence-corrected chi connectivity index (χ1v) is 12.2. The number of amides is 2. The highest BCUT2D eigenvalue weighted by atomic mass is 32.1. The first kappa shape index (κ1) is 26.1. The zero-order valence-electron chi connectivity index (χ0n) is 20.0. The van der Waals surface area contributed by atoms with Gasteiger partial charge in [-0.05, 0) is 79.3 Å². The Hall–Kier alpha value is -3.47. The number of nitrogens with two attached hydrogens (primary N) is 2. The van der Waals surface area contributed by atoms with Gasteiger partial charge in [-0.25, -0.2) is 15.0 Å². The lowest BCUT2D eigenvalue weighted by molar-refractivity contribution is 0.251. The van der Waals surface area contributed by atoms with Gasteiger partial charge in [-0.3, -0.25) is 5.01 Å². The summed E-state index contributed by atoms with van der Waals surface area (Å²) in [6.07, 6.45) is 1.76. The summed E-state index contributed by atoms with van der Waals surface area (Å²) in [5.74, 6) is 11.6. The Labute approximate surface area is 209 Å². The molecule has 35 heavy (non-hydrogen) atoms. The van der Waals surface area contributed by atoms with Crippen molar-refractivity contribution in [3.05, 3.63) is 76.9 Å². The molecule has 0 radical (unpaired) electrons. The Bertz CT molecular complexity index is 1120. The second kappa shape index (κ2) is 12.8. The minimum atomic E-state index is -0.286. The van der Waals surface area contributed by atoms with Crippen LogP contribution in [-0.2, 0) is 6.54 Å². The standard InChI is InChI=1S/C25H32FN7OS/c1-32(17-18-7-9-21(26)10-8-18)12-4-3-11-29-25(34)30-22-15-19(23-6-5-13-35-23)14-20(16-22)24(31-27)33(2)28/h5-10,13-16H,3-4,11-12,17,27-28H2,1-2H3,(H2,29,30,34)/b31-24-. The predicted molar refractivity (Wildman–Crippen MR) is 141 cm³/mol. The average Bonchev–Trinajstić information content (AvgIpc) is 3.36. The third kappa shape index (κ3) is 8.06. The third-order valence-corrected chi connectivity index (χ3v) is 6.25. The molecule has 0 aliphatic rings. The van der Waals surface area contributed by atoms with Crippen molar-refractivity contribution in [2.24, 2.45) is 16.8 Å². The fourth-order valence-electron chi connectivity index (χ4n) is 3.65. The number of hydrazone groups is 1. The summed E-state index contributed by atoms with van der Waals surface area (Å²) in [5.41, 5.74) is 3.31. The van der Waals surface area contributed by atoms with Crippen molar-refractivity contribution in [2.75, 3.05) is 32.5 Å². The van der Waals surface area contributed by atoms with E-state index in [4.69, 9.17) is 11.7 Å². The molecule has 2 aromatic carbocycles. The molecule has 0 spiro atoms. The molecule has 3 rings (SSSR count).